The lowest BCUT2D eigenvalue weighted by molar-refractivity contribution is -0.146. The van der Waals surface area contributed by atoms with E-state index < -0.39 is 48.1 Å². The lowest BCUT2D eigenvalue weighted by Gasteiger charge is -2.27. The number of Topliss-reactive ketones (excluding diaryl/α,β-unsaturated/α-hetero) is 1. The number of carbonyl (C=O) groups excluding carboxylic acids is 5. The first-order valence-electron chi connectivity index (χ1n) is 13.0. The maximum Gasteiger partial charge on any atom is 0.325 e. The van der Waals surface area contributed by atoms with Gasteiger partial charge in [-0.25, -0.2) is 0 Å². The number of hydrogen-bond donors (Lipinski definition) is 3. The van der Waals surface area contributed by atoms with E-state index in [9.17, 15) is 24.0 Å². The van der Waals surface area contributed by atoms with Crippen LogP contribution < -0.4 is 16.0 Å². The highest BCUT2D eigenvalue weighted by Gasteiger charge is 2.32. The van der Waals surface area contributed by atoms with Gasteiger partial charge in [-0.2, -0.15) is 0 Å². The summed E-state index contributed by atoms with van der Waals surface area (Å²) in [5.41, 5.74) is 0.845. The van der Waals surface area contributed by atoms with E-state index in [1.165, 1.54) is 6.92 Å². The number of benzene rings is 1. The molecule has 0 bridgehead atoms. The number of nitrogens with one attached hydrogen (secondary N) is 3. The predicted molar refractivity (Wildman–Crippen MR) is 139 cm³/mol. The molecule has 1 aromatic rings. The van der Waals surface area contributed by atoms with Gasteiger partial charge in [0.1, 0.15) is 18.6 Å². The van der Waals surface area contributed by atoms with E-state index in [2.05, 4.69) is 27.8 Å². The molecule has 0 spiro atoms. The summed E-state index contributed by atoms with van der Waals surface area (Å²) >= 11 is 0. The Kier molecular flexibility index (Phi) is 13.6. The average molecular weight is 528 g/mol. The Morgan fingerprint density at radius 3 is 2.37 bits per heavy atom. The summed E-state index contributed by atoms with van der Waals surface area (Å²) in [6, 6.07) is 6.94. The molecule has 0 aliphatic heterocycles. The van der Waals surface area contributed by atoms with E-state index in [1.54, 1.807) is 6.92 Å². The minimum atomic E-state index is -1.34. The maximum absolute atomic E-state index is 13.3. The highest BCUT2D eigenvalue weighted by atomic mass is 16.5. The fourth-order valence-corrected chi connectivity index (χ4v) is 4.23. The molecule has 0 radical (unpaired) electrons. The molecular weight excluding hydrogens is 490 g/mol. The number of hydrogen-bond acceptors (Lipinski definition) is 7. The van der Waals surface area contributed by atoms with Crippen LogP contribution in [0.2, 0.25) is 0 Å². The van der Waals surface area contributed by atoms with Crippen molar-refractivity contribution in [1.82, 2.24) is 16.0 Å². The van der Waals surface area contributed by atoms with Gasteiger partial charge in [-0.1, -0.05) is 68.4 Å². The maximum atomic E-state index is 13.3. The summed E-state index contributed by atoms with van der Waals surface area (Å²) in [6.07, 6.45) is 5.52. The smallest absolute Gasteiger partial charge is 0.325 e. The summed E-state index contributed by atoms with van der Waals surface area (Å²) < 4.78 is 10.4. The van der Waals surface area contributed by atoms with Crippen molar-refractivity contribution in [1.29, 1.82) is 0 Å². The van der Waals surface area contributed by atoms with E-state index in [0.717, 1.165) is 37.7 Å². The summed E-state index contributed by atoms with van der Waals surface area (Å²) in [4.78, 5) is 62.5. The van der Waals surface area contributed by atoms with E-state index >= 15 is 0 Å². The molecule has 2 atom stereocenters. The summed E-state index contributed by atoms with van der Waals surface area (Å²) in [7, 11) is 0. The van der Waals surface area contributed by atoms with Gasteiger partial charge < -0.3 is 25.4 Å². The van der Waals surface area contributed by atoms with E-state index in [-0.39, 0.29) is 25.7 Å². The van der Waals surface area contributed by atoms with Gasteiger partial charge in [0.25, 0.3) is 11.8 Å². The number of carbonyl (C=O) groups is 5. The minimum Gasteiger partial charge on any atom is -0.465 e. The lowest BCUT2D eigenvalue weighted by atomic mass is 9.84. The van der Waals surface area contributed by atoms with Crippen LogP contribution in [-0.4, -0.2) is 61.3 Å². The molecule has 1 saturated carbocycles. The van der Waals surface area contributed by atoms with Crippen LogP contribution in [0.4, 0.5) is 0 Å². The molecule has 10 nitrogen and oxygen atoms in total. The molecule has 3 N–H and O–H groups in total. The fourth-order valence-electron chi connectivity index (χ4n) is 4.23. The zero-order valence-electron chi connectivity index (χ0n) is 22.0. The molecular formula is C28H37N3O7. The van der Waals surface area contributed by atoms with Crippen LogP contribution in [0.15, 0.2) is 30.3 Å². The van der Waals surface area contributed by atoms with Crippen molar-refractivity contribution < 1.29 is 33.4 Å². The quantitative estimate of drug-likeness (QED) is 0.189. The van der Waals surface area contributed by atoms with Gasteiger partial charge in [0.2, 0.25) is 11.7 Å². The fraction of sp³-hybridized carbons (Fsp3) is 0.536. The van der Waals surface area contributed by atoms with Crippen LogP contribution in [0.25, 0.3) is 0 Å². The molecule has 1 unspecified atom stereocenters. The van der Waals surface area contributed by atoms with Gasteiger partial charge in [-0.15, -0.1) is 0 Å². The Hall–Kier alpha value is -3.71. The van der Waals surface area contributed by atoms with E-state index in [4.69, 9.17) is 9.47 Å². The van der Waals surface area contributed by atoms with Gasteiger partial charge >= 0.3 is 5.97 Å². The summed E-state index contributed by atoms with van der Waals surface area (Å²) in [5.74, 6) is 1.18. The van der Waals surface area contributed by atoms with Gasteiger partial charge in [0.15, 0.2) is 0 Å². The first kappa shape index (κ1) is 30.5. The Bertz CT molecular complexity index is 1010. The van der Waals surface area contributed by atoms with Crippen LogP contribution in [0.5, 0.6) is 0 Å². The van der Waals surface area contributed by atoms with Crippen molar-refractivity contribution in [2.75, 3.05) is 19.8 Å². The van der Waals surface area contributed by atoms with E-state index in [0.29, 0.717) is 6.42 Å². The van der Waals surface area contributed by atoms with Gasteiger partial charge in [-0.05, 0) is 37.7 Å². The molecule has 38 heavy (non-hydrogen) atoms. The lowest BCUT2D eigenvalue weighted by Crippen LogP contribution is -2.56. The first-order chi connectivity index (χ1) is 18.3. The van der Waals surface area contributed by atoms with Crippen molar-refractivity contribution in [2.45, 2.75) is 71.1 Å². The zero-order valence-corrected chi connectivity index (χ0v) is 22.0. The van der Waals surface area contributed by atoms with Crippen LogP contribution >= 0.6 is 0 Å². The van der Waals surface area contributed by atoms with Crippen molar-refractivity contribution in [3.8, 4) is 11.8 Å². The number of amides is 3. The standard InChI is InChI=1S/C28H37N3O7/c1-3-11-24(32)30-22(16-20-12-7-5-8-13-20)27(35)31-23(19-37-18-21-14-9-6-10-15-21)26(34)28(36)29-17-25(33)38-4-2/h6,9-10,14-15,20,22-23H,4-5,7-8,12-13,16-19H2,1-2H3,(H,29,36)(H,30,32)(H,31,35)/t22-,23?/m1/s1. The van der Waals surface area contributed by atoms with Crippen molar-refractivity contribution >= 4 is 29.5 Å². The molecule has 2 rings (SSSR count). The highest BCUT2D eigenvalue weighted by Crippen LogP contribution is 2.27. The molecule has 1 aliphatic rings. The number of rotatable bonds is 14. The molecule has 3 amide bonds. The first-order valence-corrected chi connectivity index (χ1v) is 13.0. The predicted octanol–water partition coefficient (Wildman–Crippen LogP) is 1.41. The molecule has 1 fully saturated rings. The third-order valence-corrected chi connectivity index (χ3v) is 6.11. The minimum absolute atomic E-state index is 0.130. The topological polar surface area (TPSA) is 140 Å². The molecule has 0 saturated heterocycles. The van der Waals surface area contributed by atoms with Crippen LogP contribution in [0.1, 0.15) is 57.9 Å². The van der Waals surface area contributed by atoms with Crippen LogP contribution in [0.3, 0.4) is 0 Å². The summed E-state index contributed by atoms with van der Waals surface area (Å²) in [5, 5.41) is 7.43. The van der Waals surface area contributed by atoms with Crippen molar-refractivity contribution in [2.24, 2.45) is 5.92 Å². The largest absolute Gasteiger partial charge is 0.465 e. The second kappa shape index (κ2) is 16.9. The summed E-state index contributed by atoms with van der Waals surface area (Å²) in [6.45, 7) is 2.65. The average Bonchev–Trinajstić information content (AvgIpc) is 2.91. The molecule has 0 heterocycles. The third kappa shape index (κ3) is 11.1. The highest BCUT2D eigenvalue weighted by molar-refractivity contribution is 6.38. The molecule has 0 aromatic heterocycles. The number of ether oxygens (including phenoxy) is 2. The normalized spacial score (nSPS) is 14.7. The Morgan fingerprint density at radius 1 is 1.00 bits per heavy atom. The monoisotopic (exact) mass is 527 g/mol. The SMILES string of the molecule is CC#CC(=O)N[C@H](CC1CCCCC1)C(=O)NC(COCc1ccccc1)C(=O)C(=O)NCC(=O)OCC. The third-order valence-electron chi connectivity index (χ3n) is 6.11. The number of ketones is 1. The van der Waals surface area contributed by atoms with Crippen LogP contribution in [-0.2, 0) is 40.1 Å². The molecule has 10 heteroatoms. The second-order valence-electron chi connectivity index (χ2n) is 9.05. The van der Waals surface area contributed by atoms with Crippen LogP contribution in [0, 0.1) is 17.8 Å². The molecule has 1 aromatic carbocycles. The van der Waals surface area contributed by atoms with Gasteiger partial charge in [0.05, 0.1) is 19.8 Å². The Morgan fingerprint density at radius 2 is 1.71 bits per heavy atom. The number of esters is 1. The van der Waals surface area contributed by atoms with Gasteiger partial charge in [-0.3, -0.25) is 24.0 Å². The van der Waals surface area contributed by atoms with Gasteiger partial charge in [0, 0.05) is 0 Å². The Labute approximate surface area is 223 Å². The second-order valence-corrected chi connectivity index (χ2v) is 9.05. The molecule has 1 aliphatic carbocycles. The molecule has 206 valence electrons. The van der Waals surface area contributed by atoms with Crippen molar-refractivity contribution in [3.63, 3.8) is 0 Å². The zero-order chi connectivity index (χ0) is 27.8. The van der Waals surface area contributed by atoms with Crippen molar-refractivity contribution in [3.05, 3.63) is 35.9 Å². The van der Waals surface area contributed by atoms with E-state index in [1.807, 2.05) is 30.3 Å². The Balaban J connectivity index is 2.13.